The molecular formula is C25H18N2O3S2. The third kappa shape index (κ3) is 3.30. The second kappa shape index (κ2) is 7.93. The smallest absolute Gasteiger partial charge is 0.337 e. The second-order valence-electron chi connectivity index (χ2n) is 7.41. The van der Waals surface area contributed by atoms with Gasteiger partial charge in [-0.05, 0) is 54.1 Å². The van der Waals surface area contributed by atoms with Crippen LogP contribution in [0.15, 0.2) is 71.6 Å². The van der Waals surface area contributed by atoms with Crippen molar-refractivity contribution in [3.05, 3.63) is 82.8 Å². The van der Waals surface area contributed by atoms with Gasteiger partial charge in [-0.1, -0.05) is 48.2 Å². The Kier molecular flexibility index (Phi) is 5.07. The number of carbonyl (C=O) groups is 2. The third-order valence-electron chi connectivity index (χ3n) is 5.58. The van der Waals surface area contributed by atoms with Crippen molar-refractivity contribution in [2.75, 3.05) is 12.0 Å². The van der Waals surface area contributed by atoms with E-state index in [4.69, 9.17) is 17.0 Å². The molecule has 3 aromatic carbocycles. The Hall–Kier alpha value is -3.42. The maximum Gasteiger partial charge on any atom is 0.337 e. The first-order valence-corrected chi connectivity index (χ1v) is 11.1. The number of thiocarbonyl (C=S) groups is 1. The molecule has 4 aromatic rings. The number of nitrogens with zero attached hydrogens (tertiary/aromatic N) is 2. The van der Waals surface area contributed by atoms with E-state index in [1.807, 2.05) is 24.3 Å². The molecule has 1 saturated heterocycles. The molecule has 7 heteroatoms. The van der Waals surface area contributed by atoms with Gasteiger partial charge < -0.3 is 9.30 Å². The van der Waals surface area contributed by atoms with Crippen LogP contribution in [0.4, 0.5) is 5.69 Å². The summed E-state index contributed by atoms with van der Waals surface area (Å²) < 4.78 is 7.36. The lowest BCUT2D eigenvalue weighted by atomic mass is 10.1. The first-order valence-electron chi connectivity index (χ1n) is 9.91. The number of para-hydroxylation sites is 1. The van der Waals surface area contributed by atoms with E-state index in [0.29, 0.717) is 20.5 Å². The number of aromatic nitrogens is 1. The number of anilines is 1. The molecule has 0 spiro atoms. The fourth-order valence-corrected chi connectivity index (χ4v) is 5.28. The quantitative estimate of drug-likeness (QED) is 0.230. The molecule has 2 heterocycles. The molecule has 0 saturated carbocycles. The zero-order valence-corrected chi connectivity index (χ0v) is 19.0. The molecule has 0 aliphatic carbocycles. The SMILES string of the molecule is COC(=O)c1ccc(N2C(=O)/C(=C/c3ccc4c(c3)c3ccccc3n4C)SC2=S)cc1. The molecule has 0 N–H and O–H groups in total. The molecule has 1 amide bonds. The summed E-state index contributed by atoms with van der Waals surface area (Å²) >= 11 is 6.75. The zero-order valence-electron chi connectivity index (χ0n) is 17.4. The van der Waals surface area contributed by atoms with Crippen molar-refractivity contribution in [1.82, 2.24) is 4.57 Å². The van der Waals surface area contributed by atoms with Crippen LogP contribution in [0.5, 0.6) is 0 Å². The molecule has 0 bridgehead atoms. The Morgan fingerprint density at radius 1 is 1.00 bits per heavy atom. The van der Waals surface area contributed by atoms with Crippen molar-refractivity contribution < 1.29 is 14.3 Å². The van der Waals surface area contributed by atoms with E-state index >= 15 is 0 Å². The molecule has 1 aliphatic rings. The number of methoxy groups -OCH3 is 1. The lowest BCUT2D eigenvalue weighted by Gasteiger charge is -2.14. The molecule has 0 radical (unpaired) electrons. The molecular weight excluding hydrogens is 440 g/mol. The minimum absolute atomic E-state index is 0.177. The van der Waals surface area contributed by atoms with Crippen molar-refractivity contribution in [3.8, 4) is 0 Å². The molecule has 0 atom stereocenters. The number of fused-ring (bicyclic) bond motifs is 3. The van der Waals surface area contributed by atoms with Crippen LogP contribution < -0.4 is 4.90 Å². The summed E-state index contributed by atoms with van der Waals surface area (Å²) in [6, 6.07) is 21.1. The number of hydrogen-bond acceptors (Lipinski definition) is 5. The lowest BCUT2D eigenvalue weighted by molar-refractivity contribution is -0.113. The van der Waals surface area contributed by atoms with E-state index in [1.165, 1.54) is 34.7 Å². The van der Waals surface area contributed by atoms with Gasteiger partial charge in [0.1, 0.15) is 0 Å². The van der Waals surface area contributed by atoms with E-state index in [1.54, 1.807) is 24.3 Å². The Morgan fingerprint density at radius 3 is 2.47 bits per heavy atom. The molecule has 32 heavy (non-hydrogen) atoms. The number of aryl methyl sites for hydroxylation is 1. The number of carbonyl (C=O) groups excluding carboxylic acids is 2. The Balaban J connectivity index is 1.49. The lowest BCUT2D eigenvalue weighted by Crippen LogP contribution is -2.27. The Morgan fingerprint density at radius 2 is 1.72 bits per heavy atom. The highest BCUT2D eigenvalue weighted by molar-refractivity contribution is 8.27. The Bertz CT molecular complexity index is 1450. The highest BCUT2D eigenvalue weighted by atomic mass is 32.2. The van der Waals surface area contributed by atoms with Crippen LogP contribution >= 0.6 is 24.0 Å². The first-order chi connectivity index (χ1) is 15.5. The summed E-state index contributed by atoms with van der Waals surface area (Å²) in [4.78, 5) is 26.8. The topological polar surface area (TPSA) is 51.5 Å². The molecule has 0 unspecified atom stereocenters. The van der Waals surface area contributed by atoms with Crippen LogP contribution in [0.25, 0.3) is 27.9 Å². The molecule has 1 fully saturated rings. The predicted octanol–water partition coefficient (Wildman–Crippen LogP) is 5.52. The fourth-order valence-electron chi connectivity index (χ4n) is 3.98. The van der Waals surface area contributed by atoms with Crippen molar-refractivity contribution in [3.63, 3.8) is 0 Å². The van der Waals surface area contributed by atoms with Crippen LogP contribution in [0, 0.1) is 0 Å². The van der Waals surface area contributed by atoms with Crippen LogP contribution in [0.3, 0.4) is 0 Å². The van der Waals surface area contributed by atoms with E-state index in [-0.39, 0.29) is 5.91 Å². The second-order valence-corrected chi connectivity index (χ2v) is 9.08. The van der Waals surface area contributed by atoms with Crippen LogP contribution in [0.2, 0.25) is 0 Å². The standard InChI is InChI=1S/C25H18N2O3S2/c1-26-20-6-4-3-5-18(20)19-13-15(7-12-21(19)26)14-22-23(28)27(25(31)32-22)17-10-8-16(9-11-17)24(29)30-2/h3-14H,1-2H3/b22-14-. The molecule has 5 rings (SSSR count). The van der Waals surface area contributed by atoms with E-state index < -0.39 is 5.97 Å². The maximum atomic E-state index is 13.1. The van der Waals surface area contributed by atoms with Crippen LogP contribution in [0.1, 0.15) is 15.9 Å². The average molecular weight is 459 g/mol. The van der Waals surface area contributed by atoms with Gasteiger partial charge in [0.25, 0.3) is 5.91 Å². The molecule has 5 nitrogen and oxygen atoms in total. The zero-order chi connectivity index (χ0) is 22.4. The summed E-state index contributed by atoms with van der Waals surface area (Å²) in [6.45, 7) is 0. The third-order valence-corrected chi connectivity index (χ3v) is 6.88. The van der Waals surface area contributed by atoms with Gasteiger partial charge in [0.05, 0.1) is 23.3 Å². The number of benzene rings is 3. The summed E-state index contributed by atoms with van der Waals surface area (Å²) in [5.74, 6) is -0.602. The number of amides is 1. The minimum atomic E-state index is -0.425. The maximum absolute atomic E-state index is 13.1. The molecule has 158 valence electrons. The largest absolute Gasteiger partial charge is 0.465 e. The number of thioether (sulfide) groups is 1. The number of ether oxygens (including phenoxy) is 1. The van der Waals surface area contributed by atoms with Gasteiger partial charge in [-0.2, -0.15) is 0 Å². The fraction of sp³-hybridized carbons (Fsp3) is 0.0800. The molecule has 1 aliphatic heterocycles. The Labute approximate surface area is 194 Å². The van der Waals surface area contributed by atoms with Crippen LogP contribution in [-0.4, -0.2) is 27.9 Å². The van der Waals surface area contributed by atoms with Gasteiger partial charge in [-0.15, -0.1) is 0 Å². The summed E-state index contributed by atoms with van der Waals surface area (Å²) in [6.07, 6.45) is 1.88. The van der Waals surface area contributed by atoms with Gasteiger partial charge in [-0.25, -0.2) is 4.79 Å². The van der Waals surface area contributed by atoms with Gasteiger partial charge in [0.2, 0.25) is 0 Å². The number of rotatable bonds is 3. The first kappa shape index (κ1) is 20.5. The van der Waals surface area contributed by atoms with Crippen LogP contribution in [-0.2, 0) is 16.6 Å². The summed E-state index contributed by atoms with van der Waals surface area (Å²) in [5, 5.41) is 2.32. The van der Waals surface area contributed by atoms with E-state index in [2.05, 4.69) is 35.9 Å². The number of esters is 1. The summed E-state index contributed by atoms with van der Waals surface area (Å²) in [7, 11) is 3.39. The van der Waals surface area contributed by atoms with Gasteiger partial charge in [0.15, 0.2) is 4.32 Å². The van der Waals surface area contributed by atoms with E-state index in [9.17, 15) is 9.59 Å². The van der Waals surface area contributed by atoms with E-state index in [0.717, 1.165) is 16.5 Å². The van der Waals surface area contributed by atoms with Gasteiger partial charge >= 0.3 is 5.97 Å². The highest BCUT2D eigenvalue weighted by Crippen LogP contribution is 2.37. The van der Waals surface area contributed by atoms with Crippen molar-refractivity contribution in [1.29, 1.82) is 0 Å². The summed E-state index contributed by atoms with van der Waals surface area (Å²) in [5.41, 5.74) is 4.28. The predicted molar refractivity (Wildman–Crippen MR) is 134 cm³/mol. The van der Waals surface area contributed by atoms with Crippen molar-refractivity contribution >= 4 is 73.7 Å². The monoisotopic (exact) mass is 458 g/mol. The van der Waals surface area contributed by atoms with Gasteiger partial charge in [0, 0.05) is 28.9 Å². The van der Waals surface area contributed by atoms with Gasteiger partial charge in [-0.3, -0.25) is 9.69 Å². The normalized spacial score (nSPS) is 15.3. The minimum Gasteiger partial charge on any atom is -0.465 e. The average Bonchev–Trinajstić information content (AvgIpc) is 3.26. The van der Waals surface area contributed by atoms with Crippen molar-refractivity contribution in [2.45, 2.75) is 0 Å². The molecule has 1 aromatic heterocycles. The number of hydrogen-bond donors (Lipinski definition) is 0. The highest BCUT2D eigenvalue weighted by Gasteiger charge is 2.33. The van der Waals surface area contributed by atoms with Crippen molar-refractivity contribution in [2.24, 2.45) is 7.05 Å².